The first kappa shape index (κ1) is 11.0. The van der Waals surface area contributed by atoms with Crippen molar-refractivity contribution in [1.82, 2.24) is 4.90 Å². The number of halogens is 1. The molecule has 0 saturated carbocycles. The van der Waals surface area contributed by atoms with E-state index in [4.69, 9.17) is 4.74 Å². The van der Waals surface area contributed by atoms with E-state index >= 15 is 0 Å². The Morgan fingerprint density at radius 2 is 2.00 bits per heavy atom. The molecule has 0 unspecified atom stereocenters. The first-order valence-electron chi connectivity index (χ1n) is 4.72. The average molecular weight is 197 g/mol. The highest BCUT2D eigenvalue weighted by atomic mass is 19.1. The Kier molecular flexibility index (Phi) is 4.40. The molecule has 0 aliphatic carbocycles. The van der Waals surface area contributed by atoms with Gasteiger partial charge in [0.2, 0.25) is 0 Å². The highest BCUT2D eigenvalue weighted by Gasteiger charge is 2.00. The van der Waals surface area contributed by atoms with Crippen molar-refractivity contribution in [2.45, 2.75) is 6.42 Å². The fourth-order valence-electron chi connectivity index (χ4n) is 1.12. The zero-order valence-corrected chi connectivity index (χ0v) is 8.66. The molecule has 0 aromatic heterocycles. The molecule has 78 valence electrons. The Bertz CT molecular complexity index is 276. The summed E-state index contributed by atoms with van der Waals surface area (Å²) in [5.41, 5.74) is 0. The molecular weight excluding hydrogens is 181 g/mol. The molecule has 1 aromatic rings. The van der Waals surface area contributed by atoms with E-state index in [0.29, 0.717) is 12.4 Å². The topological polar surface area (TPSA) is 12.5 Å². The Labute approximate surface area is 84.3 Å². The molecule has 0 aliphatic heterocycles. The van der Waals surface area contributed by atoms with E-state index in [9.17, 15) is 4.39 Å². The SMILES string of the molecule is CN(C)CCCOc1ccccc1F. The van der Waals surface area contributed by atoms with Crippen LogP contribution in [-0.4, -0.2) is 32.1 Å². The van der Waals surface area contributed by atoms with Crippen molar-refractivity contribution in [2.75, 3.05) is 27.2 Å². The maximum atomic E-state index is 13.0. The van der Waals surface area contributed by atoms with E-state index in [2.05, 4.69) is 4.90 Å². The summed E-state index contributed by atoms with van der Waals surface area (Å²) in [5.74, 6) is 0.0450. The van der Waals surface area contributed by atoms with E-state index in [0.717, 1.165) is 13.0 Å². The highest BCUT2D eigenvalue weighted by Crippen LogP contribution is 2.15. The maximum absolute atomic E-state index is 13.0. The Morgan fingerprint density at radius 1 is 1.29 bits per heavy atom. The predicted octanol–water partition coefficient (Wildman–Crippen LogP) is 2.16. The van der Waals surface area contributed by atoms with Crippen LogP contribution in [-0.2, 0) is 0 Å². The molecule has 14 heavy (non-hydrogen) atoms. The summed E-state index contributed by atoms with van der Waals surface area (Å²) in [5, 5.41) is 0. The minimum atomic E-state index is -0.294. The van der Waals surface area contributed by atoms with Crippen LogP contribution in [0.3, 0.4) is 0 Å². The van der Waals surface area contributed by atoms with Crippen LogP contribution in [0.2, 0.25) is 0 Å². The summed E-state index contributed by atoms with van der Waals surface area (Å²) in [6, 6.07) is 6.47. The first-order chi connectivity index (χ1) is 6.70. The van der Waals surface area contributed by atoms with Gasteiger partial charge in [0.1, 0.15) is 0 Å². The third-order valence-corrected chi connectivity index (χ3v) is 1.84. The van der Waals surface area contributed by atoms with Gasteiger partial charge in [-0.15, -0.1) is 0 Å². The molecule has 3 heteroatoms. The standard InChI is InChI=1S/C11H16FNO/c1-13(2)8-5-9-14-11-7-4-3-6-10(11)12/h3-4,6-7H,5,8-9H2,1-2H3. The quantitative estimate of drug-likeness (QED) is 0.671. The summed E-state index contributed by atoms with van der Waals surface area (Å²) < 4.78 is 18.3. The molecule has 0 radical (unpaired) electrons. The molecule has 2 nitrogen and oxygen atoms in total. The van der Waals surface area contributed by atoms with Gasteiger partial charge in [-0.3, -0.25) is 0 Å². The van der Waals surface area contributed by atoms with Crippen LogP contribution in [0.4, 0.5) is 4.39 Å². The lowest BCUT2D eigenvalue weighted by atomic mass is 10.3. The van der Waals surface area contributed by atoms with Gasteiger partial charge in [0.15, 0.2) is 11.6 Å². The van der Waals surface area contributed by atoms with Gasteiger partial charge >= 0.3 is 0 Å². The van der Waals surface area contributed by atoms with Gasteiger partial charge in [-0.2, -0.15) is 0 Å². The molecule has 0 bridgehead atoms. The van der Waals surface area contributed by atoms with Crippen LogP contribution in [0.15, 0.2) is 24.3 Å². The Hall–Kier alpha value is -1.09. The summed E-state index contributed by atoms with van der Waals surface area (Å²) in [6.45, 7) is 1.51. The lowest BCUT2D eigenvalue weighted by Crippen LogP contribution is -2.15. The van der Waals surface area contributed by atoms with Gasteiger partial charge in [0.05, 0.1) is 6.61 Å². The molecule has 0 spiro atoms. The van der Waals surface area contributed by atoms with Crippen molar-refractivity contribution in [3.63, 3.8) is 0 Å². The average Bonchev–Trinajstić information content (AvgIpc) is 2.15. The van der Waals surface area contributed by atoms with Gasteiger partial charge in [0, 0.05) is 6.54 Å². The van der Waals surface area contributed by atoms with Gasteiger partial charge in [-0.05, 0) is 32.6 Å². The Balaban J connectivity index is 2.28. The summed E-state index contributed by atoms with van der Waals surface area (Å²) in [6.07, 6.45) is 0.904. The smallest absolute Gasteiger partial charge is 0.165 e. The molecule has 1 aromatic carbocycles. The molecule has 0 heterocycles. The van der Waals surface area contributed by atoms with E-state index in [1.165, 1.54) is 6.07 Å². The molecular formula is C11H16FNO. The monoisotopic (exact) mass is 197 g/mol. The van der Waals surface area contributed by atoms with Crippen LogP contribution >= 0.6 is 0 Å². The number of ether oxygens (including phenoxy) is 1. The zero-order chi connectivity index (χ0) is 10.4. The molecule has 0 aliphatic rings. The van der Waals surface area contributed by atoms with Crippen LogP contribution in [0.1, 0.15) is 6.42 Å². The number of hydrogen-bond donors (Lipinski definition) is 0. The van der Waals surface area contributed by atoms with Crippen molar-refractivity contribution in [3.05, 3.63) is 30.1 Å². The van der Waals surface area contributed by atoms with E-state index in [1.807, 2.05) is 14.1 Å². The third kappa shape index (κ3) is 3.75. The first-order valence-corrected chi connectivity index (χ1v) is 4.72. The number of para-hydroxylation sites is 1. The molecule has 0 fully saturated rings. The highest BCUT2D eigenvalue weighted by molar-refractivity contribution is 5.23. The lowest BCUT2D eigenvalue weighted by molar-refractivity contribution is 0.271. The van der Waals surface area contributed by atoms with Gasteiger partial charge in [-0.1, -0.05) is 12.1 Å². The largest absolute Gasteiger partial charge is 0.490 e. The second-order valence-corrected chi connectivity index (χ2v) is 3.44. The molecule has 0 saturated heterocycles. The van der Waals surface area contributed by atoms with Gasteiger partial charge in [-0.25, -0.2) is 4.39 Å². The lowest BCUT2D eigenvalue weighted by Gasteiger charge is -2.10. The molecule has 0 N–H and O–H groups in total. The fraction of sp³-hybridized carbons (Fsp3) is 0.455. The second-order valence-electron chi connectivity index (χ2n) is 3.44. The summed E-state index contributed by atoms with van der Waals surface area (Å²) in [7, 11) is 4.01. The van der Waals surface area contributed by atoms with Crippen LogP contribution in [0.5, 0.6) is 5.75 Å². The minimum Gasteiger partial charge on any atom is -0.490 e. The van der Waals surface area contributed by atoms with Gasteiger partial charge < -0.3 is 9.64 Å². The van der Waals surface area contributed by atoms with Crippen LogP contribution < -0.4 is 4.74 Å². The Morgan fingerprint density at radius 3 is 2.64 bits per heavy atom. The van der Waals surface area contributed by atoms with Crippen molar-refractivity contribution in [3.8, 4) is 5.75 Å². The third-order valence-electron chi connectivity index (χ3n) is 1.84. The van der Waals surface area contributed by atoms with Gasteiger partial charge in [0.25, 0.3) is 0 Å². The fourth-order valence-corrected chi connectivity index (χ4v) is 1.12. The maximum Gasteiger partial charge on any atom is 0.165 e. The van der Waals surface area contributed by atoms with Crippen LogP contribution in [0, 0.1) is 5.82 Å². The number of hydrogen-bond acceptors (Lipinski definition) is 2. The molecule has 0 atom stereocenters. The van der Waals surface area contributed by atoms with Crippen molar-refractivity contribution < 1.29 is 9.13 Å². The number of nitrogens with zero attached hydrogens (tertiary/aromatic N) is 1. The van der Waals surface area contributed by atoms with E-state index < -0.39 is 0 Å². The molecule has 0 amide bonds. The van der Waals surface area contributed by atoms with E-state index in [-0.39, 0.29) is 5.82 Å². The van der Waals surface area contributed by atoms with Crippen molar-refractivity contribution in [2.24, 2.45) is 0 Å². The normalized spacial score (nSPS) is 10.6. The van der Waals surface area contributed by atoms with Crippen molar-refractivity contribution in [1.29, 1.82) is 0 Å². The predicted molar refractivity (Wildman–Crippen MR) is 55.1 cm³/mol. The molecule has 1 rings (SSSR count). The van der Waals surface area contributed by atoms with Crippen molar-refractivity contribution >= 4 is 0 Å². The summed E-state index contributed by atoms with van der Waals surface area (Å²) in [4.78, 5) is 2.07. The number of rotatable bonds is 5. The van der Waals surface area contributed by atoms with E-state index in [1.54, 1.807) is 18.2 Å². The summed E-state index contributed by atoms with van der Waals surface area (Å²) >= 11 is 0. The van der Waals surface area contributed by atoms with Crippen LogP contribution in [0.25, 0.3) is 0 Å². The second kappa shape index (κ2) is 5.60. The zero-order valence-electron chi connectivity index (χ0n) is 8.66. The minimum absolute atomic E-state index is 0.294. The number of benzene rings is 1.